The lowest BCUT2D eigenvalue weighted by Crippen LogP contribution is -2.05. The van der Waals surface area contributed by atoms with Crippen LogP contribution >= 0.6 is 11.6 Å². The Labute approximate surface area is 181 Å². The van der Waals surface area contributed by atoms with Crippen LogP contribution in [0.5, 0.6) is 0 Å². The molecule has 0 bridgehead atoms. The first kappa shape index (κ1) is 18.9. The van der Waals surface area contributed by atoms with Crippen LogP contribution in [0.2, 0.25) is 5.02 Å². The smallest absolute Gasteiger partial charge is 0.335 e. The normalized spacial score (nSPS) is 11.0. The van der Waals surface area contributed by atoms with Gasteiger partial charge < -0.3 is 5.11 Å². The molecule has 0 radical (unpaired) electrons. The molecule has 0 spiro atoms. The number of halogens is 1. The lowest BCUT2D eigenvalue weighted by atomic mass is 10.1. The molecule has 0 aliphatic heterocycles. The Kier molecular flexibility index (Phi) is 4.65. The first-order chi connectivity index (χ1) is 15.1. The van der Waals surface area contributed by atoms with Gasteiger partial charge >= 0.3 is 5.97 Å². The average molecular weight is 428 g/mol. The Morgan fingerprint density at radius 1 is 0.806 bits per heavy atom. The zero-order chi connectivity index (χ0) is 21.4. The van der Waals surface area contributed by atoms with Crippen LogP contribution < -0.4 is 0 Å². The van der Waals surface area contributed by atoms with Crippen molar-refractivity contribution in [3.05, 3.63) is 89.8 Å². The third kappa shape index (κ3) is 3.62. The van der Waals surface area contributed by atoms with Gasteiger partial charge in [0, 0.05) is 34.7 Å². The van der Waals surface area contributed by atoms with Gasteiger partial charge in [0.25, 0.3) is 0 Å². The fraction of sp³-hybridized carbons (Fsp3) is 0. The lowest BCUT2D eigenvalue weighted by molar-refractivity contribution is 0.0696. The molecule has 7 nitrogen and oxygen atoms in total. The van der Waals surface area contributed by atoms with Gasteiger partial charge in [-0.25, -0.2) is 14.5 Å². The van der Waals surface area contributed by atoms with Crippen molar-refractivity contribution in [3.8, 4) is 28.3 Å². The van der Waals surface area contributed by atoms with E-state index in [1.807, 2.05) is 36.4 Å². The fourth-order valence-electron chi connectivity index (χ4n) is 3.31. The van der Waals surface area contributed by atoms with Gasteiger partial charge in [-0.3, -0.25) is 9.97 Å². The van der Waals surface area contributed by atoms with E-state index in [1.165, 1.54) is 18.3 Å². The predicted octanol–water partition coefficient (Wildman–Crippen LogP) is 4.90. The van der Waals surface area contributed by atoms with Crippen LogP contribution in [0.25, 0.3) is 39.4 Å². The maximum atomic E-state index is 11.5. The van der Waals surface area contributed by atoms with Crippen LogP contribution in [0.3, 0.4) is 0 Å². The highest BCUT2D eigenvalue weighted by Crippen LogP contribution is 2.30. The zero-order valence-electron chi connectivity index (χ0n) is 16.0. The summed E-state index contributed by atoms with van der Waals surface area (Å²) in [6.45, 7) is 0. The van der Waals surface area contributed by atoms with E-state index >= 15 is 0 Å². The highest BCUT2D eigenvalue weighted by molar-refractivity contribution is 6.30. The summed E-state index contributed by atoms with van der Waals surface area (Å²) in [6.07, 6.45) is 4.74. The molecule has 31 heavy (non-hydrogen) atoms. The molecule has 3 heterocycles. The standard InChI is InChI=1S/C23H14ClN5O2/c24-17-4-1-14(2-5-17)19-13-21(15-3-6-18-20(11-15)26-10-9-25-18)29(28-19)22-12-16(23(30)31)7-8-27-22/h1-13H,(H,30,31). The van der Waals surface area contributed by atoms with Crippen LogP contribution in [0, 0.1) is 0 Å². The molecule has 150 valence electrons. The molecule has 0 saturated carbocycles. The van der Waals surface area contributed by atoms with Gasteiger partial charge in [-0.2, -0.15) is 5.10 Å². The second-order valence-corrected chi connectivity index (χ2v) is 7.24. The summed E-state index contributed by atoms with van der Waals surface area (Å²) < 4.78 is 1.63. The third-order valence-corrected chi connectivity index (χ3v) is 5.08. The molecule has 1 N–H and O–H groups in total. The van der Waals surface area contributed by atoms with Crippen LogP contribution in [-0.4, -0.2) is 35.8 Å². The van der Waals surface area contributed by atoms with Crippen molar-refractivity contribution in [1.82, 2.24) is 24.7 Å². The van der Waals surface area contributed by atoms with Crippen molar-refractivity contribution in [2.24, 2.45) is 0 Å². The number of nitrogens with zero attached hydrogens (tertiary/aromatic N) is 5. The van der Waals surface area contributed by atoms with Crippen LogP contribution in [-0.2, 0) is 0 Å². The molecule has 0 fully saturated rings. The highest BCUT2D eigenvalue weighted by atomic mass is 35.5. The topological polar surface area (TPSA) is 93.8 Å². The molecule has 0 atom stereocenters. The van der Waals surface area contributed by atoms with E-state index in [4.69, 9.17) is 16.7 Å². The summed E-state index contributed by atoms with van der Waals surface area (Å²) in [6, 6.07) is 18.0. The molecule has 5 rings (SSSR count). The minimum absolute atomic E-state index is 0.129. The maximum absolute atomic E-state index is 11.5. The Balaban J connectivity index is 1.72. The Bertz CT molecular complexity index is 1430. The van der Waals surface area contributed by atoms with Crippen molar-refractivity contribution in [2.45, 2.75) is 0 Å². The number of hydrogen-bond acceptors (Lipinski definition) is 5. The Morgan fingerprint density at radius 2 is 1.55 bits per heavy atom. The number of rotatable bonds is 4. The molecular formula is C23H14ClN5O2. The molecule has 3 aromatic heterocycles. The molecule has 5 aromatic rings. The number of aromatic carboxylic acids is 1. The van der Waals surface area contributed by atoms with Crippen LogP contribution in [0.1, 0.15) is 10.4 Å². The summed E-state index contributed by atoms with van der Waals surface area (Å²) in [5, 5.41) is 14.7. The molecule has 0 unspecified atom stereocenters. The second kappa shape index (κ2) is 7.62. The average Bonchev–Trinajstić information content (AvgIpc) is 3.25. The first-order valence-electron chi connectivity index (χ1n) is 9.35. The number of carbonyl (C=O) groups is 1. The van der Waals surface area contributed by atoms with Gasteiger partial charge in [0.15, 0.2) is 5.82 Å². The largest absolute Gasteiger partial charge is 0.478 e. The molecule has 0 amide bonds. The maximum Gasteiger partial charge on any atom is 0.335 e. The van der Waals surface area contributed by atoms with Gasteiger partial charge in [-0.15, -0.1) is 0 Å². The summed E-state index contributed by atoms with van der Waals surface area (Å²) >= 11 is 6.03. The van der Waals surface area contributed by atoms with E-state index in [0.29, 0.717) is 16.5 Å². The van der Waals surface area contributed by atoms with Crippen molar-refractivity contribution in [3.63, 3.8) is 0 Å². The SMILES string of the molecule is O=C(O)c1ccnc(-n2nc(-c3ccc(Cl)cc3)cc2-c2ccc3nccnc3c2)c1. The van der Waals surface area contributed by atoms with E-state index in [0.717, 1.165) is 27.9 Å². The van der Waals surface area contributed by atoms with E-state index < -0.39 is 5.97 Å². The Morgan fingerprint density at radius 3 is 2.32 bits per heavy atom. The molecule has 2 aromatic carbocycles. The van der Waals surface area contributed by atoms with E-state index in [1.54, 1.807) is 29.2 Å². The lowest BCUT2D eigenvalue weighted by Gasteiger charge is -2.08. The minimum atomic E-state index is -1.03. The van der Waals surface area contributed by atoms with Crippen LogP contribution in [0.15, 0.2) is 79.3 Å². The molecule has 8 heteroatoms. The van der Waals surface area contributed by atoms with Gasteiger partial charge in [0.1, 0.15) is 0 Å². The molecule has 0 aliphatic carbocycles. The third-order valence-electron chi connectivity index (χ3n) is 4.82. The summed E-state index contributed by atoms with van der Waals surface area (Å²) in [7, 11) is 0. The molecule has 0 saturated heterocycles. The number of hydrogen-bond donors (Lipinski definition) is 1. The van der Waals surface area contributed by atoms with E-state index in [2.05, 4.69) is 15.0 Å². The van der Waals surface area contributed by atoms with Crippen molar-refractivity contribution < 1.29 is 9.90 Å². The number of aromatic nitrogens is 5. The number of carboxylic acid groups (broad SMARTS) is 1. The molecule has 0 aliphatic rings. The number of fused-ring (bicyclic) bond motifs is 1. The number of carboxylic acids is 1. The van der Waals surface area contributed by atoms with Gasteiger partial charge in [0.2, 0.25) is 0 Å². The second-order valence-electron chi connectivity index (χ2n) is 6.80. The fourth-order valence-corrected chi connectivity index (χ4v) is 3.44. The van der Waals surface area contributed by atoms with E-state index in [9.17, 15) is 9.90 Å². The van der Waals surface area contributed by atoms with Gasteiger partial charge in [0.05, 0.1) is 28.0 Å². The van der Waals surface area contributed by atoms with Gasteiger partial charge in [-0.1, -0.05) is 29.8 Å². The number of pyridine rings is 1. The Hall–Kier alpha value is -4.10. The van der Waals surface area contributed by atoms with Crippen molar-refractivity contribution >= 4 is 28.6 Å². The quantitative estimate of drug-likeness (QED) is 0.438. The van der Waals surface area contributed by atoms with Crippen LogP contribution in [0.4, 0.5) is 0 Å². The molecular weight excluding hydrogens is 414 g/mol. The first-order valence-corrected chi connectivity index (χ1v) is 9.73. The van der Waals surface area contributed by atoms with Crippen molar-refractivity contribution in [2.75, 3.05) is 0 Å². The monoisotopic (exact) mass is 427 g/mol. The van der Waals surface area contributed by atoms with Crippen molar-refractivity contribution in [1.29, 1.82) is 0 Å². The summed E-state index contributed by atoms with van der Waals surface area (Å²) in [4.78, 5) is 24.5. The number of benzene rings is 2. The summed E-state index contributed by atoms with van der Waals surface area (Å²) in [5.41, 5.74) is 4.82. The predicted molar refractivity (Wildman–Crippen MR) is 117 cm³/mol. The summed E-state index contributed by atoms with van der Waals surface area (Å²) in [5.74, 6) is -0.634. The zero-order valence-corrected chi connectivity index (χ0v) is 16.7. The van der Waals surface area contributed by atoms with Gasteiger partial charge in [-0.05, 0) is 42.5 Å². The van der Waals surface area contributed by atoms with E-state index in [-0.39, 0.29) is 5.56 Å². The minimum Gasteiger partial charge on any atom is -0.478 e. The highest BCUT2D eigenvalue weighted by Gasteiger charge is 2.16.